The maximum absolute atomic E-state index is 13.3. The Bertz CT molecular complexity index is 909. The van der Waals surface area contributed by atoms with E-state index in [1.54, 1.807) is 25.4 Å². The van der Waals surface area contributed by atoms with Gasteiger partial charge in [-0.2, -0.15) is 0 Å². The van der Waals surface area contributed by atoms with E-state index in [0.29, 0.717) is 23.6 Å². The third-order valence-corrected chi connectivity index (χ3v) is 6.55. The van der Waals surface area contributed by atoms with E-state index in [2.05, 4.69) is 20.2 Å². The summed E-state index contributed by atoms with van der Waals surface area (Å²) >= 11 is 0. The Kier molecular flexibility index (Phi) is 4.08. The lowest BCUT2D eigenvalue weighted by atomic mass is 9.73. The number of halogens is 1. The molecule has 3 aliphatic heterocycles. The fourth-order valence-electron chi connectivity index (χ4n) is 5.26. The highest BCUT2D eigenvalue weighted by atomic mass is 19.1. The monoisotopic (exact) mass is 382 g/mol. The van der Waals surface area contributed by atoms with Crippen molar-refractivity contribution in [3.8, 4) is 0 Å². The number of carbonyl (C=O) groups excluding carboxylic acids is 1. The lowest BCUT2D eigenvalue weighted by Gasteiger charge is -2.29. The van der Waals surface area contributed by atoms with Crippen molar-refractivity contribution >= 4 is 11.9 Å². The number of anilines is 1. The zero-order valence-corrected chi connectivity index (χ0v) is 15.8. The Hall–Kier alpha value is -2.54. The summed E-state index contributed by atoms with van der Waals surface area (Å²) in [5, 5.41) is 3.06. The van der Waals surface area contributed by atoms with E-state index >= 15 is 0 Å². The van der Waals surface area contributed by atoms with Crippen LogP contribution in [0.4, 0.5) is 10.3 Å². The first kappa shape index (κ1) is 17.6. The van der Waals surface area contributed by atoms with Gasteiger partial charge in [0, 0.05) is 42.9 Å². The van der Waals surface area contributed by atoms with Crippen molar-refractivity contribution in [1.29, 1.82) is 0 Å². The van der Waals surface area contributed by atoms with Gasteiger partial charge in [-0.1, -0.05) is 0 Å². The van der Waals surface area contributed by atoms with Gasteiger partial charge in [-0.3, -0.25) is 4.79 Å². The zero-order valence-electron chi connectivity index (χ0n) is 15.8. The van der Waals surface area contributed by atoms with Gasteiger partial charge >= 0.3 is 0 Å². The molecule has 3 saturated heterocycles. The number of amides is 1. The number of benzene rings is 1. The fourth-order valence-corrected chi connectivity index (χ4v) is 5.26. The average molecular weight is 382 g/mol. The highest BCUT2D eigenvalue weighted by Gasteiger charge is 2.63. The number of ether oxygens (including phenoxy) is 1. The van der Waals surface area contributed by atoms with E-state index in [0.717, 1.165) is 31.9 Å². The van der Waals surface area contributed by atoms with Crippen molar-refractivity contribution in [3.05, 3.63) is 53.6 Å². The van der Waals surface area contributed by atoms with Crippen LogP contribution in [0.15, 0.2) is 36.7 Å². The number of aryl methyl sites for hydroxylation is 1. The van der Waals surface area contributed by atoms with Gasteiger partial charge in [0.05, 0.1) is 18.2 Å². The van der Waals surface area contributed by atoms with Crippen molar-refractivity contribution in [2.24, 2.45) is 11.8 Å². The van der Waals surface area contributed by atoms with Gasteiger partial charge in [0.1, 0.15) is 5.82 Å². The highest BCUT2D eigenvalue weighted by molar-refractivity contribution is 5.95. The van der Waals surface area contributed by atoms with Crippen molar-refractivity contribution in [2.75, 3.05) is 24.5 Å². The van der Waals surface area contributed by atoms with E-state index in [1.165, 1.54) is 12.1 Å². The van der Waals surface area contributed by atoms with E-state index in [4.69, 9.17) is 4.74 Å². The van der Waals surface area contributed by atoms with Crippen LogP contribution < -0.4 is 10.2 Å². The summed E-state index contributed by atoms with van der Waals surface area (Å²) in [5.41, 5.74) is 1.02. The number of nitrogens with one attached hydrogen (secondary N) is 1. The second-order valence-electron chi connectivity index (χ2n) is 8.13. The van der Waals surface area contributed by atoms with E-state index < -0.39 is 0 Å². The predicted molar refractivity (Wildman–Crippen MR) is 102 cm³/mol. The van der Waals surface area contributed by atoms with Crippen molar-refractivity contribution in [3.63, 3.8) is 0 Å². The van der Waals surface area contributed by atoms with Crippen LogP contribution in [0.25, 0.3) is 0 Å². The summed E-state index contributed by atoms with van der Waals surface area (Å²) in [6, 6.07) is 6.07. The molecule has 1 aromatic carbocycles. The van der Waals surface area contributed by atoms with Crippen molar-refractivity contribution in [1.82, 2.24) is 15.3 Å². The van der Waals surface area contributed by atoms with Crippen molar-refractivity contribution in [2.45, 2.75) is 31.5 Å². The number of aromatic nitrogens is 2. The number of hydrogen-bond donors (Lipinski definition) is 1. The normalized spacial score (nSPS) is 30.5. The van der Waals surface area contributed by atoms with E-state index in [1.807, 2.05) is 6.07 Å². The Morgan fingerprint density at radius 1 is 1.39 bits per heavy atom. The SMILES string of the molecule is Cc1cc(F)ccc1C(=O)NC[C@H]1[C@H]2CN(c3ncccn3)C[C@]23CC[C@H]1O3. The van der Waals surface area contributed by atoms with Crippen LogP contribution in [0.1, 0.15) is 28.8 Å². The fraction of sp³-hybridized carbons (Fsp3) is 0.476. The molecule has 7 heteroatoms. The summed E-state index contributed by atoms with van der Waals surface area (Å²) < 4.78 is 19.7. The highest BCUT2D eigenvalue weighted by Crippen LogP contribution is 2.54. The molecule has 5 rings (SSSR count). The van der Waals surface area contributed by atoms with Gasteiger partial charge in [0.25, 0.3) is 5.91 Å². The molecule has 1 spiro atoms. The number of hydrogen-bond acceptors (Lipinski definition) is 5. The molecule has 4 heterocycles. The molecule has 146 valence electrons. The predicted octanol–water partition coefficient (Wildman–Crippen LogP) is 2.34. The molecule has 0 saturated carbocycles. The molecule has 2 bridgehead atoms. The minimum Gasteiger partial charge on any atom is -0.369 e. The second kappa shape index (κ2) is 6.51. The summed E-state index contributed by atoms with van der Waals surface area (Å²) in [4.78, 5) is 23.6. The summed E-state index contributed by atoms with van der Waals surface area (Å²) in [6.07, 6.45) is 5.78. The van der Waals surface area contributed by atoms with E-state index in [9.17, 15) is 9.18 Å². The Morgan fingerprint density at radius 2 is 2.21 bits per heavy atom. The number of fused-ring (bicyclic) bond motifs is 1. The smallest absolute Gasteiger partial charge is 0.251 e. The van der Waals surface area contributed by atoms with Gasteiger partial charge in [0.2, 0.25) is 5.95 Å². The lowest BCUT2D eigenvalue weighted by Crippen LogP contribution is -2.42. The standard InChI is InChI=1S/C21H23FN4O2/c1-13-9-14(22)3-4-15(13)19(27)25-10-16-17-11-26(20-23-7-2-8-24-20)12-21(17)6-5-18(16)28-21/h2-4,7-9,16-18H,5-6,10-12H2,1H3,(H,25,27)/t16-,17+,18+,21+/m0/s1. The van der Waals surface area contributed by atoms with Gasteiger partial charge in [-0.05, 0) is 49.6 Å². The quantitative estimate of drug-likeness (QED) is 0.879. The minimum atomic E-state index is -0.327. The molecule has 0 unspecified atom stereocenters. The molecule has 1 amide bonds. The maximum Gasteiger partial charge on any atom is 0.251 e. The largest absolute Gasteiger partial charge is 0.369 e. The van der Waals surface area contributed by atoms with Crippen LogP contribution >= 0.6 is 0 Å². The molecular formula is C21H23FN4O2. The molecule has 2 aromatic rings. The molecule has 0 radical (unpaired) electrons. The molecule has 3 fully saturated rings. The molecule has 3 aliphatic rings. The lowest BCUT2D eigenvalue weighted by molar-refractivity contribution is 0.0141. The van der Waals surface area contributed by atoms with Crippen LogP contribution in [-0.4, -0.2) is 47.2 Å². The van der Waals surface area contributed by atoms with Crippen LogP contribution in [0, 0.1) is 24.6 Å². The third kappa shape index (κ3) is 2.76. The third-order valence-electron chi connectivity index (χ3n) is 6.55. The second-order valence-corrected chi connectivity index (χ2v) is 8.13. The van der Waals surface area contributed by atoms with Crippen molar-refractivity contribution < 1.29 is 13.9 Å². The van der Waals surface area contributed by atoms with Gasteiger partial charge < -0.3 is 15.0 Å². The molecule has 1 aromatic heterocycles. The minimum absolute atomic E-state index is 0.148. The maximum atomic E-state index is 13.3. The van der Waals surface area contributed by atoms with Crippen LogP contribution in [0.2, 0.25) is 0 Å². The first-order valence-electron chi connectivity index (χ1n) is 9.80. The first-order chi connectivity index (χ1) is 13.6. The molecular weight excluding hydrogens is 359 g/mol. The molecule has 1 N–H and O–H groups in total. The molecule has 4 atom stereocenters. The zero-order chi connectivity index (χ0) is 19.3. The van der Waals surface area contributed by atoms with Gasteiger partial charge in [0.15, 0.2) is 0 Å². The average Bonchev–Trinajstić information content (AvgIpc) is 3.35. The summed E-state index contributed by atoms with van der Waals surface area (Å²) in [5.74, 6) is 0.877. The topological polar surface area (TPSA) is 67.4 Å². The summed E-state index contributed by atoms with van der Waals surface area (Å²) in [6.45, 7) is 3.97. The van der Waals surface area contributed by atoms with Gasteiger partial charge in [-0.25, -0.2) is 14.4 Å². The Labute approximate surface area is 163 Å². The number of carbonyl (C=O) groups is 1. The number of rotatable bonds is 4. The van der Waals surface area contributed by atoms with Crippen LogP contribution in [-0.2, 0) is 4.74 Å². The molecule has 6 nitrogen and oxygen atoms in total. The Balaban J connectivity index is 1.29. The first-order valence-corrected chi connectivity index (χ1v) is 9.80. The van der Waals surface area contributed by atoms with E-state index in [-0.39, 0.29) is 29.3 Å². The number of nitrogens with zero attached hydrogens (tertiary/aromatic N) is 3. The molecule has 0 aliphatic carbocycles. The molecule has 28 heavy (non-hydrogen) atoms. The Morgan fingerprint density at radius 3 is 3.00 bits per heavy atom. The van der Waals surface area contributed by atoms with Crippen LogP contribution in [0.3, 0.4) is 0 Å². The van der Waals surface area contributed by atoms with Gasteiger partial charge in [-0.15, -0.1) is 0 Å². The van der Waals surface area contributed by atoms with Crippen LogP contribution in [0.5, 0.6) is 0 Å². The summed E-state index contributed by atoms with van der Waals surface area (Å²) in [7, 11) is 0.